The molecule has 1 N–H and O–H groups in total. The standard InChI is InChI=1S/C15H17ClN2O2/c1-17-15(11-6-14(19-2)9-18-8-11)10-20-13-5-3-4-12(16)7-13/h3-9,15,17H,10H2,1-2H3. The summed E-state index contributed by atoms with van der Waals surface area (Å²) in [4.78, 5) is 4.15. The number of aromatic nitrogens is 1. The van der Waals surface area contributed by atoms with Crippen molar-refractivity contribution < 1.29 is 9.47 Å². The topological polar surface area (TPSA) is 43.4 Å². The van der Waals surface area contributed by atoms with Gasteiger partial charge in [-0.05, 0) is 36.9 Å². The van der Waals surface area contributed by atoms with Gasteiger partial charge in [-0.15, -0.1) is 0 Å². The third-order valence-corrected chi connectivity index (χ3v) is 3.17. The smallest absolute Gasteiger partial charge is 0.137 e. The predicted octanol–water partition coefficient (Wildman–Crippen LogP) is 3.08. The Morgan fingerprint density at radius 2 is 2.10 bits per heavy atom. The van der Waals surface area contributed by atoms with Crippen molar-refractivity contribution in [2.45, 2.75) is 6.04 Å². The molecule has 1 aromatic heterocycles. The highest BCUT2D eigenvalue weighted by atomic mass is 35.5. The van der Waals surface area contributed by atoms with E-state index in [2.05, 4.69) is 10.3 Å². The van der Waals surface area contributed by atoms with Crippen molar-refractivity contribution in [3.05, 3.63) is 53.3 Å². The van der Waals surface area contributed by atoms with Gasteiger partial charge in [0.1, 0.15) is 18.1 Å². The molecule has 0 saturated heterocycles. The maximum absolute atomic E-state index is 5.93. The molecule has 0 radical (unpaired) electrons. The second-order valence-corrected chi connectivity index (χ2v) is 4.70. The molecule has 0 saturated carbocycles. The molecule has 1 aromatic carbocycles. The second-order valence-electron chi connectivity index (χ2n) is 4.27. The lowest BCUT2D eigenvalue weighted by molar-refractivity contribution is 0.272. The molecule has 0 aliphatic rings. The van der Waals surface area contributed by atoms with Gasteiger partial charge in [0.15, 0.2) is 0 Å². The van der Waals surface area contributed by atoms with Crippen LogP contribution in [0.3, 0.4) is 0 Å². The van der Waals surface area contributed by atoms with Gasteiger partial charge in [0.2, 0.25) is 0 Å². The first-order chi connectivity index (χ1) is 9.72. The van der Waals surface area contributed by atoms with Crippen molar-refractivity contribution in [3.63, 3.8) is 0 Å². The van der Waals surface area contributed by atoms with E-state index < -0.39 is 0 Å². The van der Waals surface area contributed by atoms with Crippen LogP contribution in [-0.4, -0.2) is 25.7 Å². The van der Waals surface area contributed by atoms with Crippen molar-refractivity contribution >= 4 is 11.6 Å². The Balaban J connectivity index is 2.05. The summed E-state index contributed by atoms with van der Waals surface area (Å²) in [5, 5.41) is 3.86. The first kappa shape index (κ1) is 14.6. The molecule has 0 spiro atoms. The van der Waals surface area contributed by atoms with Crippen LogP contribution in [0, 0.1) is 0 Å². The summed E-state index contributed by atoms with van der Waals surface area (Å²) < 4.78 is 10.9. The quantitative estimate of drug-likeness (QED) is 0.888. The highest BCUT2D eigenvalue weighted by Crippen LogP contribution is 2.21. The van der Waals surface area contributed by atoms with E-state index in [1.165, 1.54) is 0 Å². The number of pyridine rings is 1. The van der Waals surface area contributed by atoms with Gasteiger partial charge < -0.3 is 14.8 Å². The molecule has 1 heterocycles. The molecule has 106 valence electrons. The van der Waals surface area contributed by atoms with Crippen molar-refractivity contribution in [1.82, 2.24) is 10.3 Å². The Hall–Kier alpha value is -1.78. The molecule has 0 fully saturated rings. The van der Waals surface area contributed by atoms with Crippen LogP contribution in [0.1, 0.15) is 11.6 Å². The van der Waals surface area contributed by atoms with Gasteiger partial charge in [-0.2, -0.15) is 0 Å². The Labute approximate surface area is 123 Å². The molecule has 2 rings (SSSR count). The Morgan fingerprint density at radius 3 is 2.80 bits per heavy atom. The summed E-state index contributed by atoms with van der Waals surface area (Å²) in [6, 6.07) is 9.31. The molecule has 0 aliphatic carbocycles. The number of rotatable bonds is 6. The number of methoxy groups -OCH3 is 1. The minimum atomic E-state index is 0.0246. The third kappa shape index (κ3) is 3.85. The normalized spacial score (nSPS) is 11.9. The highest BCUT2D eigenvalue weighted by Gasteiger charge is 2.11. The van der Waals surface area contributed by atoms with Crippen molar-refractivity contribution in [2.75, 3.05) is 20.8 Å². The van der Waals surface area contributed by atoms with Gasteiger partial charge in [-0.1, -0.05) is 17.7 Å². The van der Waals surface area contributed by atoms with E-state index in [9.17, 15) is 0 Å². The van der Waals surface area contributed by atoms with E-state index >= 15 is 0 Å². The van der Waals surface area contributed by atoms with E-state index in [1.54, 1.807) is 25.6 Å². The maximum atomic E-state index is 5.93. The average molecular weight is 293 g/mol. The summed E-state index contributed by atoms with van der Waals surface area (Å²) in [5.41, 5.74) is 1.01. The molecule has 5 heteroatoms. The first-order valence-electron chi connectivity index (χ1n) is 6.27. The zero-order valence-corrected chi connectivity index (χ0v) is 12.2. The molecule has 1 unspecified atom stereocenters. The zero-order chi connectivity index (χ0) is 14.4. The molecule has 0 bridgehead atoms. The molecule has 2 aromatic rings. The third-order valence-electron chi connectivity index (χ3n) is 2.93. The number of hydrogen-bond acceptors (Lipinski definition) is 4. The summed E-state index contributed by atoms with van der Waals surface area (Å²) in [6.07, 6.45) is 3.47. The molecular formula is C15H17ClN2O2. The fourth-order valence-corrected chi connectivity index (χ4v) is 2.00. The zero-order valence-electron chi connectivity index (χ0n) is 11.5. The van der Waals surface area contributed by atoms with Crippen LogP contribution in [0.5, 0.6) is 11.5 Å². The number of nitrogens with zero attached hydrogens (tertiary/aromatic N) is 1. The van der Waals surface area contributed by atoms with Gasteiger partial charge in [0.25, 0.3) is 0 Å². The van der Waals surface area contributed by atoms with Crippen LogP contribution >= 0.6 is 11.6 Å². The SMILES string of the molecule is CNC(COc1cccc(Cl)c1)c1cncc(OC)c1. The summed E-state index contributed by atoms with van der Waals surface area (Å²) >= 11 is 5.93. The van der Waals surface area contributed by atoms with Crippen molar-refractivity contribution in [3.8, 4) is 11.5 Å². The Kier molecular flexibility index (Phi) is 5.21. The molecule has 20 heavy (non-hydrogen) atoms. The summed E-state index contributed by atoms with van der Waals surface area (Å²) in [6.45, 7) is 0.478. The molecule has 1 atom stereocenters. The van der Waals surface area contributed by atoms with Crippen LogP contribution in [0.4, 0.5) is 0 Å². The van der Waals surface area contributed by atoms with Gasteiger partial charge >= 0.3 is 0 Å². The number of likely N-dealkylation sites (N-methyl/N-ethyl adjacent to an activating group) is 1. The lowest BCUT2D eigenvalue weighted by Gasteiger charge is -2.17. The minimum absolute atomic E-state index is 0.0246. The van der Waals surface area contributed by atoms with Crippen LogP contribution < -0.4 is 14.8 Å². The minimum Gasteiger partial charge on any atom is -0.495 e. The van der Waals surface area contributed by atoms with E-state index in [0.717, 1.165) is 17.1 Å². The maximum Gasteiger partial charge on any atom is 0.137 e. The lowest BCUT2D eigenvalue weighted by atomic mass is 10.1. The lowest BCUT2D eigenvalue weighted by Crippen LogP contribution is -2.23. The van der Waals surface area contributed by atoms with Crippen molar-refractivity contribution in [2.24, 2.45) is 0 Å². The van der Waals surface area contributed by atoms with E-state index in [1.807, 2.05) is 31.3 Å². The number of nitrogens with one attached hydrogen (secondary N) is 1. The van der Waals surface area contributed by atoms with E-state index in [0.29, 0.717) is 11.6 Å². The first-order valence-corrected chi connectivity index (χ1v) is 6.65. The van der Waals surface area contributed by atoms with Gasteiger partial charge in [-0.25, -0.2) is 0 Å². The van der Waals surface area contributed by atoms with Gasteiger partial charge in [0, 0.05) is 11.2 Å². The van der Waals surface area contributed by atoms with E-state index in [4.69, 9.17) is 21.1 Å². The van der Waals surface area contributed by atoms with Crippen molar-refractivity contribution in [1.29, 1.82) is 0 Å². The number of hydrogen-bond donors (Lipinski definition) is 1. The Morgan fingerprint density at radius 1 is 1.25 bits per heavy atom. The Bertz CT molecular complexity index is 563. The van der Waals surface area contributed by atoms with E-state index in [-0.39, 0.29) is 6.04 Å². The van der Waals surface area contributed by atoms with Crippen LogP contribution in [0.25, 0.3) is 0 Å². The van der Waals surface area contributed by atoms with Crippen LogP contribution in [0.2, 0.25) is 5.02 Å². The van der Waals surface area contributed by atoms with Gasteiger partial charge in [0.05, 0.1) is 19.3 Å². The molecular weight excluding hydrogens is 276 g/mol. The number of benzene rings is 1. The number of halogens is 1. The number of ether oxygens (including phenoxy) is 2. The molecule has 4 nitrogen and oxygen atoms in total. The summed E-state index contributed by atoms with van der Waals surface area (Å²) in [5.74, 6) is 1.47. The van der Waals surface area contributed by atoms with Gasteiger partial charge in [-0.3, -0.25) is 4.98 Å². The molecule has 0 amide bonds. The fraction of sp³-hybridized carbons (Fsp3) is 0.267. The second kappa shape index (κ2) is 7.12. The fourth-order valence-electron chi connectivity index (χ4n) is 1.82. The van der Waals surface area contributed by atoms with Crippen LogP contribution in [0.15, 0.2) is 42.7 Å². The average Bonchev–Trinajstić information content (AvgIpc) is 2.48. The highest BCUT2D eigenvalue weighted by molar-refractivity contribution is 6.30. The summed E-state index contributed by atoms with van der Waals surface area (Å²) in [7, 11) is 3.50. The van der Waals surface area contributed by atoms with Crippen LogP contribution in [-0.2, 0) is 0 Å². The largest absolute Gasteiger partial charge is 0.495 e. The monoisotopic (exact) mass is 292 g/mol. The molecule has 0 aliphatic heterocycles. The predicted molar refractivity (Wildman–Crippen MR) is 79.5 cm³/mol.